The highest BCUT2D eigenvalue weighted by molar-refractivity contribution is 7.23. The van der Waals surface area contributed by atoms with Gasteiger partial charge in [0.05, 0.1) is 16.1 Å². The van der Waals surface area contributed by atoms with Gasteiger partial charge in [-0.15, -0.1) is 0 Å². The van der Waals surface area contributed by atoms with Crippen molar-refractivity contribution < 1.29 is 4.92 Å². The van der Waals surface area contributed by atoms with Gasteiger partial charge in [0.2, 0.25) is 0 Å². The maximum Gasteiger partial charge on any atom is 0.269 e. The molecule has 0 bridgehead atoms. The van der Waals surface area contributed by atoms with Crippen molar-refractivity contribution in [2.24, 2.45) is 0 Å². The topological polar surface area (TPSA) is 73.3 Å². The number of hydrogen-bond acceptors (Lipinski definition) is 5. The zero-order valence-electron chi connectivity index (χ0n) is 10.9. The summed E-state index contributed by atoms with van der Waals surface area (Å²) in [6.07, 6.45) is 1.89. The maximum absolute atomic E-state index is 10.7. The molecule has 0 amide bonds. The first-order valence-electron chi connectivity index (χ1n) is 6.31. The minimum atomic E-state index is -0.418. The first-order valence-corrected chi connectivity index (χ1v) is 7.50. The molecule has 0 unspecified atom stereocenters. The summed E-state index contributed by atoms with van der Waals surface area (Å²) >= 11 is 7.34. The quantitative estimate of drug-likeness (QED) is 0.314. The third-order valence-electron chi connectivity index (χ3n) is 3.30. The van der Waals surface area contributed by atoms with Crippen LogP contribution in [-0.2, 0) is 0 Å². The fourth-order valence-electron chi connectivity index (χ4n) is 2.26. The predicted molar refractivity (Wildman–Crippen MR) is 85.5 cm³/mol. The van der Waals surface area contributed by atoms with E-state index in [1.165, 1.54) is 23.5 Å². The van der Waals surface area contributed by atoms with Crippen molar-refractivity contribution in [1.29, 1.82) is 0 Å². The van der Waals surface area contributed by atoms with Gasteiger partial charge in [-0.2, -0.15) is 0 Å². The standard InChI is InChI=1S/C14H7ClN4O2S/c15-12-6-5-11-13(17-12)22-14-16-10(7-18(11)14)8-1-3-9(4-2-8)19(20)21/h1-7H. The Morgan fingerprint density at radius 1 is 1.14 bits per heavy atom. The molecule has 6 nitrogen and oxygen atoms in total. The van der Waals surface area contributed by atoms with E-state index < -0.39 is 4.92 Å². The second kappa shape index (κ2) is 4.75. The highest BCUT2D eigenvalue weighted by Crippen LogP contribution is 2.29. The van der Waals surface area contributed by atoms with Crippen molar-refractivity contribution in [3.63, 3.8) is 0 Å². The summed E-state index contributed by atoms with van der Waals surface area (Å²) in [4.78, 5) is 20.7. The van der Waals surface area contributed by atoms with Crippen molar-refractivity contribution in [2.45, 2.75) is 0 Å². The highest BCUT2D eigenvalue weighted by atomic mass is 35.5. The molecule has 0 aliphatic rings. The Morgan fingerprint density at radius 3 is 2.64 bits per heavy atom. The van der Waals surface area contributed by atoms with Crippen LogP contribution in [0.25, 0.3) is 26.6 Å². The van der Waals surface area contributed by atoms with Crippen LogP contribution in [0.2, 0.25) is 5.15 Å². The first-order chi connectivity index (χ1) is 10.6. The SMILES string of the molecule is O=[N+]([O-])c1ccc(-c2cn3c(n2)sc2nc(Cl)ccc23)cc1. The summed E-state index contributed by atoms with van der Waals surface area (Å²) in [6, 6.07) is 9.98. The Kier molecular flexibility index (Phi) is 2.85. The summed E-state index contributed by atoms with van der Waals surface area (Å²) in [6.45, 7) is 0. The lowest BCUT2D eigenvalue weighted by atomic mass is 10.1. The number of hydrogen-bond donors (Lipinski definition) is 0. The monoisotopic (exact) mass is 330 g/mol. The number of benzene rings is 1. The van der Waals surface area contributed by atoms with E-state index in [2.05, 4.69) is 9.97 Å². The molecule has 0 radical (unpaired) electrons. The van der Waals surface area contributed by atoms with E-state index in [0.717, 1.165) is 26.6 Å². The van der Waals surface area contributed by atoms with E-state index in [1.807, 2.05) is 16.7 Å². The third kappa shape index (κ3) is 2.02. The van der Waals surface area contributed by atoms with Crippen LogP contribution >= 0.6 is 22.9 Å². The van der Waals surface area contributed by atoms with Gasteiger partial charge in [0.15, 0.2) is 4.96 Å². The van der Waals surface area contributed by atoms with Crippen LogP contribution < -0.4 is 0 Å². The Bertz CT molecular complexity index is 1020. The van der Waals surface area contributed by atoms with Crippen LogP contribution in [0.4, 0.5) is 5.69 Å². The van der Waals surface area contributed by atoms with Crippen molar-refractivity contribution in [1.82, 2.24) is 14.4 Å². The Balaban J connectivity index is 1.84. The van der Waals surface area contributed by atoms with E-state index in [0.29, 0.717) is 5.15 Å². The lowest BCUT2D eigenvalue weighted by molar-refractivity contribution is -0.384. The van der Waals surface area contributed by atoms with E-state index >= 15 is 0 Å². The van der Waals surface area contributed by atoms with Gasteiger partial charge in [-0.1, -0.05) is 22.9 Å². The lowest BCUT2D eigenvalue weighted by Gasteiger charge is -1.96. The zero-order valence-corrected chi connectivity index (χ0v) is 12.5. The van der Waals surface area contributed by atoms with Gasteiger partial charge in [0.25, 0.3) is 5.69 Å². The van der Waals surface area contributed by atoms with Crippen molar-refractivity contribution in [3.8, 4) is 11.3 Å². The number of aromatic nitrogens is 3. The van der Waals surface area contributed by atoms with Crippen molar-refractivity contribution in [2.75, 3.05) is 0 Å². The minimum Gasteiger partial charge on any atom is -0.288 e. The molecule has 3 aromatic heterocycles. The van der Waals surface area contributed by atoms with Gasteiger partial charge >= 0.3 is 0 Å². The molecule has 0 spiro atoms. The average molecular weight is 331 g/mol. The van der Waals surface area contributed by atoms with Gasteiger partial charge in [-0.25, -0.2) is 9.97 Å². The number of thiazole rings is 1. The average Bonchev–Trinajstić information content (AvgIpc) is 3.04. The fourth-order valence-corrected chi connectivity index (χ4v) is 3.44. The molecule has 8 heteroatoms. The number of nitro benzene ring substituents is 1. The lowest BCUT2D eigenvalue weighted by Crippen LogP contribution is -1.87. The van der Waals surface area contributed by atoms with Gasteiger partial charge in [-0.3, -0.25) is 14.5 Å². The molecule has 1 aromatic carbocycles. The number of rotatable bonds is 2. The molecule has 108 valence electrons. The van der Waals surface area contributed by atoms with Crippen molar-refractivity contribution >= 4 is 43.9 Å². The molecule has 0 saturated heterocycles. The molecule has 0 aliphatic heterocycles. The molecule has 0 fully saturated rings. The van der Waals surface area contributed by atoms with Gasteiger partial charge < -0.3 is 0 Å². The number of halogens is 1. The number of imidazole rings is 1. The molecule has 0 saturated carbocycles. The number of nitrogens with zero attached hydrogens (tertiary/aromatic N) is 4. The normalized spacial score (nSPS) is 11.3. The summed E-state index contributed by atoms with van der Waals surface area (Å²) in [5.74, 6) is 0. The third-order valence-corrected chi connectivity index (χ3v) is 4.48. The van der Waals surface area contributed by atoms with Crippen LogP contribution in [-0.4, -0.2) is 19.3 Å². The van der Waals surface area contributed by atoms with E-state index in [-0.39, 0.29) is 5.69 Å². The molecule has 3 heterocycles. The molecule has 0 aliphatic carbocycles. The smallest absolute Gasteiger partial charge is 0.269 e. The van der Waals surface area contributed by atoms with Gasteiger partial charge in [0.1, 0.15) is 9.98 Å². The van der Waals surface area contributed by atoms with Crippen LogP contribution in [0.3, 0.4) is 0 Å². The van der Waals surface area contributed by atoms with E-state index in [4.69, 9.17) is 11.6 Å². The number of pyridine rings is 1. The summed E-state index contributed by atoms with van der Waals surface area (Å²) in [5.41, 5.74) is 2.59. The molecule has 4 rings (SSSR count). The Hall–Kier alpha value is -2.51. The molecular weight excluding hydrogens is 324 g/mol. The summed E-state index contributed by atoms with van der Waals surface area (Å²) < 4.78 is 1.94. The van der Waals surface area contributed by atoms with Crippen LogP contribution in [0.15, 0.2) is 42.6 Å². The molecule has 0 atom stereocenters. The van der Waals surface area contributed by atoms with Crippen LogP contribution in [0.1, 0.15) is 0 Å². The van der Waals surface area contributed by atoms with Crippen LogP contribution in [0.5, 0.6) is 0 Å². The Labute approximate surface area is 132 Å². The highest BCUT2D eigenvalue weighted by Gasteiger charge is 2.12. The second-order valence-corrected chi connectivity index (χ2v) is 5.99. The maximum atomic E-state index is 10.7. The number of non-ortho nitro benzene ring substituents is 1. The van der Waals surface area contributed by atoms with Gasteiger partial charge in [0, 0.05) is 23.9 Å². The van der Waals surface area contributed by atoms with Crippen molar-refractivity contribution in [3.05, 3.63) is 57.9 Å². The molecular formula is C14H7ClN4O2S. The zero-order chi connectivity index (χ0) is 15.3. The predicted octanol–water partition coefficient (Wildman–Crippen LogP) is 4.17. The van der Waals surface area contributed by atoms with Gasteiger partial charge in [-0.05, 0) is 24.3 Å². The fraction of sp³-hybridized carbons (Fsp3) is 0. The largest absolute Gasteiger partial charge is 0.288 e. The summed E-state index contributed by atoms with van der Waals surface area (Å²) in [7, 11) is 0. The molecule has 0 N–H and O–H groups in total. The molecule has 22 heavy (non-hydrogen) atoms. The summed E-state index contributed by atoms with van der Waals surface area (Å²) in [5, 5.41) is 11.1. The number of nitro groups is 1. The van der Waals surface area contributed by atoms with E-state index in [1.54, 1.807) is 18.2 Å². The first kappa shape index (κ1) is 13.2. The second-order valence-electron chi connectivity index (χ2n) is 4.64. The number of fused-ring (bicyclic) bond motifs is 3. The minimum absolute atomic E-state index is 0.0639. The van der Waals surface area contributed by atoms with Crippen LogP contribution in [0, 0.1) is 10.1 Å². The molecule has 4 aromatic rings. The van der Waals surface area contributed by atoms with E-state index in [9.17, 15) is 10.1 Å². The Morgan fingerprint density at radius 2 is 1.91 bits per heavy atom.